The first-order chi connectivity index (χ1) is 9.88. The second-order valence-electron chi connectivity index (χ2n) is 4.54. The summed E-state index contributed by atoms with van der Waals surface area (Å²) in [7, 11) is 0. The zero-order valence-corrected chi connectivity index (χ0v) is 12.5. The third-order valence-electron chi connectivity index (χ3n) is 3.00. The van der Waals surface area contributed by atoms with Gasteiger partial charge < -0.3 is 10.4 Å². The highest BCUT2D eigenvalue weighted by atomic mass is 35.5. The molecule has 2 aromatic carbocycles. The summed E-state index contributed by atoms with van der Waals surface area (Å²) >= 11 is 11.7. The van der Waals surface area contributed by atoms with E-state index in [-0.39, 0.29) is 16.6 Å². The van der Waals surface area contributed by atoms with Crippen molar-refractivity contribution in [2.45, 2.75) is 13.0 Å². The van der Waals surface area contributed by atoms with Crippen LogP contribution in [0.1, 0.15) is 28.9 Å². The molecule has 0 heterocycles. The van der Waals surface area contributed by atoms with Crippen molar-refractivity contribution in [1.82, 2.24) is 0 Å². The first-order valence-electron chi connectivity index (χ1n) is 6.13. The van der Waals surface area contributed by atoms with E-state index in [4.69, 9.17) is 28.3 Å². The summed E-state index contributed by atoms with van der Waals surface area (Å²) in [6.45, 7) is 1.79. The Balaban J connectivity index is 2.26. The van der Waals surface area contributed by atoms with Gasteiger partial charge in [0.25, 0.3) is 0 Å². The molecule has 2 rings (SSSR count). The third-order valence-corrected chi connectivity index (χ3v) is 3.62. The second kappa shape index (κ2) is 6.33. The summed E-state index contributed by atoms with van der Waals surface area (Å²) in [5, 5.41) is 12.3. The molecule has 0 amide bonds. The first kappa shape index (κ1) is 15.6. The molecule has 2 N–H and O–H groups in total. The van der Waals surface area contributed by atoms with Gasteiger partial charge in [-0.1, -0.05) is 29.3 Å². The Hall–Kier alpha value is -1.78. The summed E-state index contributed by atoms with van der Waals surface area (Å²) in [6.07, 6.45) is 0. The molecule has 3 nitrogen and oxygen atoms in total. The normalized spacial score (nSPS) is 12.0. The van der Waals surface area contributed by atoms with E-state index in [0.717, 1.165) is 0 Å². The predicted octanol–water partition coefficient (Wildman–Crippen LogP) is 5.00. The van der Waals surface area contributed by atoms with E-state index in [1.807, 2.05) is 0 Å². The molecule has 1 atom stereocenters. The van der Waals surface area contributed by atoms with Crippen LogP contribution in [0.5, 0.6) is 0 Å². The van der Waals surface area contributed by atoms with E-state index < -0.39 is 11.8 Å². The number of rotatable bonds is 4. The molecule has 0 aliphatic rings. The monoisotopic (exact) mass is 327 g/mol. The Kier molecular flexibility index (Phi) is 4.70. The van der Waals surface area contributed by atoms with Crippen LogP contribution in [0, 0.1) is 5.82 Å². The predicted molar refractivity (Wildman–Crippen MR) is 81.9 cm³/mol. The summed E-state index contributed by atoms with van der Waals surface area (Å²) in [6, 6.07) is 8.65. The molecule has 6 heteroatoms. The van der Waals surface area contributed by atoms with Crippen LogP contribution in [0.2, 0.25) is 10.0 Å². The van der Waals surface area contributed by atoms with E-state index in [0.29, 0.717) is 16.3 Å². The van der Waals surface area contributed by atoms with E-state index >= 15 is 0 Å². The number of carbonyl (C=O) groups is 1. The number of anilines is 1. The van der Waals surface area contributed by atoms with Crippen molar-refractivity contribution < 1.29 is 14.3 Å². The SMILES string of the molecule is CC(Nc1cccc(C(=O)O)c1)c1cc(F)c(Cl)cc1Cl. The lowest BCUT2D eigenvalue weighted by molar-refractivity contribution is 0.0697. The van der Waals surface area contributed by atoms with E-state index in [9.17, 15) is 9.18 Å². The number of carboxylic acids is 1. The number of aromatic carboxylic acids is 1. The molecular weight excluding hydrogens is 316 g/mol. The zero-order valence-electron chi connectivity index (χ0n) is 11.0. The molecule has 0 aromatic heterocycles. The number of benzene rings is 2. The van der Waals surface area contributed by atoms with Gasteiger partial charge in [0.2, 0.25) is 0 Å². The average Bonchev–Trinajstić information content (AvgIpc) is 2.43. The average molecular weight is 328 g/mol. The molecule has 0 radical (unpaired) electrons. The lowest BCUT2D eigenvalue weighted by Crippen LogP contribution is -2.08. The van der Waals surface area contributed by atoms with Crippen molar-refractivity contribution in [3.63, 3.8) is 0 Å². The summed E-state index contributed by atoms with van der Waals surface area (Å²) in [5.41, 5.74) is 1.31. The topological polar surface area (TPSA) is 49.3 Å². The van der Waals surface area contributed by atoms with Crippen LogP contribution >= 0.6 is 23.2 Å². The second-order valence-corrected chi connectivity index (χ2v) is 5.35. The fourth-order valence-electron chi connectivity index (χ4n) is 1.94. The highest BCUT2D eigenvalue weighted by molar-refractivity contribution is 6.35. The van der Waals surface area contributed by atoms with Gasteiger partial charge >= 0.3 is 5.97 Å². The van der Waals surface area contributed by atoms with Crippen LogP contribution in [0.3, 0.4) is 0 Å². The minimum Gasteiger partial charge on any atom is -0.478 e. The first-order valence-corrected chi connectivity index (χ1v) is 6.88. The quantitative estimate of drug-likeness (QED) is 0.776. The maximum atomic E-state index is 13.5. The molecule has 0 fully saturated rings. The largest absolute Gasteiger partial charge is 0.478 e. The van der Waals surface area contributed by atoms with Crippen LogP contribution in [0.4, 0.5) is 10.1 Å². The van der Waals surface area contributed by atoms with Crippen LogP contribution in [0.15, 0.2) is 36.4 Å². The van der Waals surface area contributed by atoms with Crippen LogP contribution in [0.25, 0.3) is 0 Å². The highest BCUT2D eigenvalue weighted by Crippen LogP contribution is 2.30. The fourth-order valence-corrected chi connectivity index (χ4v) is 2.49. The van der Waals surface area contributed by atoms with Crippen LogP contribution in [-0.2, 0) is 0 Å². The molecular formula is C15H12Cl2FNO2. The Morgan fingerprint density at radius 2 is 1.95 bits per heavy atom. The maximum Gasteiger partial charge on any atom is 0.335 e. The summed E-state index contributed by atoms with van der Waals surface area (Å²) < 4.78 is 13.5. The van der Waals surface area contributed by atoms with Gasteiger partial charge in [0.1, 0.15) is 5.82 Å². The molecule has 21 heavy (non-hydrogen) atoms. The Morgan fingerprint density at radius 1 is 1.24 bits per heavy atom. The maximum absolute atomic E-state index is 13.5. The van der Waals surface area contributed by atoms with Crippen molar-refractivity contribution in [3.8, 4) is 0 Å². The van der Waals surface area contributed by atoms with Crippen molar-refractivity contribution in [2.75, 3.05) is 5.32 Å². The van der Waals surface area contributed by atoms with Gasteiger partial charge in [-0.15, -0.1) is 0 Å². The number of carboxylic acid groups (broad SMARTS) is 1. The Morgan fingerprint density at radius 3 is 2.62 bits per heavy atom. The molecule has 0 aliphatic carbocycles. The lowest BCUT2D eigenvalue weighted by Gasteiger charge is -2.18. The van der Waals surface area contributed by atoms with Crippen LogP contribution < -0.4 is 5.32 Å². The summed E-state index contributed by atoms with van der Waals surface area (Å²) in [4.78, 5) is 10.9. The van der Waals surface area contributed by atoms with Gasteiger partial charge in [0, 0.05) is 10.7 Å². The van der Waals surface area contributed by atoms with Gasteiger partial charge in [-0.2, -0.15) is 0 Å². The zero-order chi connectivity index (χ0) is 15.6. The van der Waals surface area contributed by atoms with E-state index in [2.05, 4.69) is 5.32 Å². The van der Waals surface area contributed by atoms with Crippen molar-refractivity contribution in [3.05, 3.63) is 63.4 Å². The van der Waals surface area contributed by atoms with Crippen molar-refractivity contribution in [2.24, 2.45) is 0 Å². The molecule has 0 aliphatic heterocycles. The van der Waals surface area contributed by atoms with Crippen LogP contribution in [-0.4, -0.2) is 11.1 Å². The minimum absolute atomic E-state index is 0.0381. The molecule has 0 saturated heterocycles. The van der Waals surface area contributed by atoms with Gasteiger partial charge in [0.15, 0.2) is 0 Å². The number of hydrogen-bond acceptors (Lipinski definition) is 2. The Labute approximate surface area is 131 Å². The molecule has 110 valence electrons. The summed E-state index contributed by atoms with van der Waals surface area (Å²) in [5.74, 6) is -1.56. The fraction of sp³-hybridized carbons (Fsp3) is 0.133. The minimum atomic E-state index is -1.01. The molecule has 0 spiro atoms. The van der Waals surface area contributed by atoms with Gasteiger partial charge in [0.05, 0.1) is 16.6 Å². The molecule has 2 aromatic rings. The highest BCUT2D eigenvalue weighted by Gasteiger charge is 2.14. The number of hydrogen-bond donors (Lipinski definition) is 2. The number of halogens is 3. The van der Waals surface area contributed by atoms with Crippen molar-refractivity contribution in [1.29, 1.82) is 0 Å². The van der Waals surface area contributed by atoms with Gasteiger partial charge in [-0.25, -0.2) is 9.18 Å². The third kappa shape index (κ3) is 3.65. The molecule has 1 unspecified atom stereocenters. The lowest BCUT2D eigenvalue weighted by atomic mass is 10.1. The van der Waals surface area contributed by atoms with Gasteiger partial charge in [-0.3, -0.25) is 0 Å². The van der Waals surface area contributed by atoms with Crippen molar-refractivity contribution >= 4 is 34.9 Å². The molecule has 0 bridgehead atoms. The number of nitrogens with one attached hydrogen (secondary N) is 1. The smallest absolute Gasteiger partial charge is 0.335 e. The van der Waals surface area contributed by atoms with Gasteiger partial charge in [-0.05, 0) is 42.8 Å². The standard InChI is InChI=1S/C15H12Cl2FNO2/c1-8(11-6-14(18)13(17)7-12(11)16)19-10-4-2-3-9(5-10)15(20)21/h2-8,19H,1H3,(H,20,21). The molecule has 0 saturated carbocycles. The van der Waals surface area contributed by atoms with E-state index in [1.54, 1.807) is 19.1 Å². The Bertz CT molecular complexity index is 691. The van der Waals surface area contributed by atoms with E-state index in [1.165, 1.54) is 24.3 Å².